The molecule has 0 saturated heterocycles. The SMILES string of the molecule is CCC(N)Cc1ccc(Oc2ccc(Cl)cc2C)c(F)c1. The zero-order valence-corrected chi connectivity index (χ0v) is 13.0. The minimum Gasteiger partial charge on any atom is -0.454 e. The first-order valence-corrected chi connectivity index (χ1v) is 7.35. The van der Waals surface area contributed by atoms with Crippen LogP contribution in [-0.2, 0) is 6.42 Å². The number of benzene rings is 2. The Kier molecular flexibility index (Phi) is 5.21. The lowest BCUT2D eigenvalue weighted by atomic mass is 10.0. The fourth-order valence-corrected chi connectivity index (χ4v) is 2.27. The second kappa shape index (κ2) is 6.92. The minimum atomic E-state index is -0.384. The van der Waals surface area contributed by atoms with Gasteiger partial charge in [-0.3, -0.25) is 0 Å². The Labute approximate surface area is 129 Å². The molecule has 1 atom stereocenters. The van der Waals surface area contributed by atoms with Crippen molar-refractivity contribution < 1.29 is 9.13 Å². The smallest absolute Gasteiger partial charge is 0.165 e. The average molecular weight is 308 g/mol. The van der Waals surface area contributed by atoms with Gasteiger partial charge in [0.1, 0.15) is 5.75 Å². The van der Waals surface area contributed by atoms with E-state index in [9.17, 15) is 4.39 Å². The van der Waals surface area contributed by atoms with Crippen LogP contribution in [0.25, 0.3) is 0 Å². The Balaban J connectivity index is 2.17. The third-order valence-corrected chi connectivity index (χ3v) is 3.61. The maximum atomic E-state index is 14.1. The molecule has 2 N–H and O–H groups in total. The van der Waals surface area contributed by atoms with Gasteiger partial charge in [-0.2, -0.15) is 0 Å². The Bertz CT molecular complexity index is 630. The lowest BCUT2D eigenvalue weighted by Gasteiger charge is -2.12. The van der Waals surface area contributed by atoms with Crippen molar-refractivity contribution in [2.24, 2.45) is 5.73 Å². The molecule has 2 aromatic carbocycles. The average Bonchev–Trinajstić information content (AvgIpc) is 2.44. The van der Waals surface area contributed by atoms with Crippen LogP contribution < -0.4 is 10.5 Å². The van der Waals surface area contributed by atoms with Gasteiger partial charge in [-0.05, 0) is 61.2 Å². The van der Waals surface area contributed by atoms with Crippen LogP contribution in [0.3, 0.4) is 0 Å². The molecule has 1 unspecified atom stereocenters. The Morgan fingerprint density at radius 2 is 1.90 bits per heavy atom. The first-order chi connectivity index (χ1) is 9.99. The lowest BCUT2D eigenvalue weighted by Crippen LogP contribution is -2.21. The second-order valence-corrected chi connectivity index (χ2v) is 5.59. The molecule has 112 valence electrons. The fourth-order valence-electron chi connectivity index (χ4n) is 2.05. The third kappa shape index (κ3) is 4.19. The summed E-state index contributed by atoms with van der Waals surface area (Å²) >= 11 is 5.89. The van der Waals surface area contributed by atoms with E-state index in [0.29, 0.717) is 17.2 Å². The van der Waals surface area contributed by atoms with Gasteiger partial charge in [-0.15, -0.1) is 0 Å². The predicted octanol–water partition coefficient (Wildman–Crippen LogP) is 4.86. The molecular weight excluding hydrogens is 289 g/mol. The second-order valence-electron chi connectivity index (χ2n) is 5.15. The topological polar surface area (TPSA) is 35.2 Å². The molecule has 0 heterocycles. The molecule has 0 aromatic heterocycles. The van der Waals surface area contributed by atoms with E-state index in [-0.39, 0.29) is 17.6 Å². The van der Waals surface area contributed by atoms with E-state index in [1.807, 2.05) is 19.9 Å². The maximum absolute atomic E-state index is 14.1. The van der Waals surface area contributed by atoms with E-state index in [4.69, 9.17) is 22.1 Å². The van der Waals surface area contributed by atoms with Crippen LogP contribution >= 0.6 is 11.6 Å². The molecule has 2 nitrogen and oxygen atoms in total. The van der Waals surface area contributed by atoms with Crippen molar-refractivity contribution >= 4 is 11.6 Å². The summed E-state index contributed by atoms with van der Waals surface area (Å²) in [6.07, 6.45) is 1.53. The highest BCUT2D eigenvalue weighted by molar-refractivity contribution is 6.30. The van der Waals surface area contributed by atoms with E-state index in [1.165, 1.54) is 6.07 Å². The lowest BCUT2D eigenvalue weighted by molar-refractivity contribution is 0.438. The monoisotopic (exact) mass is 307 g/mol. The van der Waals surface area contributed by atoms with Crippen LogP contribution in [0.1, 0.15) is 24.5 Å². The molecule has 2 rings (SSSR count). The zero-order chi connectivity index (χ0) is 15.4. The first-order valence-electron chi connectivity index (χ1n) is 6.97. The highest BCUT2D eigenvalue weighted by atomic mass is 35.5. The van der Waals surface area contributed by atoms with E-state index in [1.54, 1.807) is 24.3 Å². The Morgan fingerprint density at radius 3 is 2.52 bits per heavy atom. The molecule has 0 aliphatic rings. The van der Waals surface area contributed by atoms with Crippen molar-refractivity contribution in [3.05, 3.63) is 58.4 Å². The molecule has 4 heteroatoms. The molecule has 0 bridgehead atoms. The zero-order valence-electron chi connectivity index (χ0n) is 12.2. The highest BCUT2D eigenvalue weighted by Crippen LogP contribution is 2.29. The van der Waals surface area contributed by atoms with Crippen molar-refractivity contribution in [2.45, 2.75) is 32.7 Å². The summed E-state index contributed by atoms with van der Waals surface area (Å²) in [4.78, 5) is 0. The van der Waals surface area contributed by atoms with Crippen molar-refractivity contribution in [3.8, 4) is 11.5 Å². The Morgan fingerprint density at radius 1 is 1.19 bits per heavy atom. The molecule has 21 heavy (non-hydrogen) atoms. The summed E-state index contributed by atoms with van der Waals surface area (Å²) in [5.41, 5.74) is 7.62. The molecule has 2 aromatic rings. The molecule has 0 fully saturated rings. The number of nitrogens with two attached hydrogens (primary N) is 1. The summed E-state index contributed by atoms with van der Waals surface area (Å²) < 4.78 is 19.7. The van der Waals surface area contributed by atoms with Gasteiger partial charge in [0.05, 0.1) is 0 Å². The van der Waals surface area contributed by atoms with Crippen molar-refractivity contribution in [3.63, 3.8) is 0 Å². The third-order valence-electron chi connectivity index (χ3n) is 3.38. The maximum Gasteiger partial charge on any atom is 0.165 e. The number of hydrogen-bond donors (Lipinski definition) is 1. The van der Waals surface area contributed by atoms with Gasteiger partial charge in [-0.25, -0.2) is 4.39 Å². The van der Waals surface area contributed by atoms with Crippen LogP contribution in [0.5, 0.6) is 11.5 Å². The Hall–Kier alpha value is -1.58. The molecule has 0 amide bonds. The normalized spacial score (nSPS) is 12.2. The summed E-state index contributed by atoms with van der Waals surface area (Å²) in [6.45, 7) is 3.88. The van der Waals surface area contributed by atoms with Crippen LogP contribution in [0, 0.1) is 12.7 Å². The first kappa shape index (κ1) is 15.8. The quantitative estimate of drug-likeness (QED) is 0.856. The number of halogens is 2. The standard InChI is InChI=1S/C17H19ClFNO/c1-3-14(20)9-12-4-6-17(15(19)10-12)21-16-7-5-13(18)8-11(16)2/h4-8,10,14H,3,9,20H2,1-2H3. The van der Waals surface area contributed by atoms with Gasteiger partial charge in [0, 0.05) is 11.1 Å². The van der Waals surface area contributed by atoms with E-state index >= 15 is 0 Å². The predicted molar refractivity (Wildman–Crippen MR) is 84.6 cm³/mol. The number of rotatable bonds is 5. The molecule has 0 saturated carbocycles. The number of hydrogen-bond acceptors (Lipinski definition) is 2. The van der Waals surface area contributed by atoms with E-state index < -0.39 is 0 Å². The van der Waals surface area contributed by atoms with E-state index in [2.05, 4.69) is 0 Å². The largest absolute Gasteiger partial charge is 0.454 e. The molecule has 0 aliphatic carbocycles. The van der Waals surface area contributed by atoms with Crippen LogP contribution in [0.4, 0.5) is 4.39 Å². The van der Waals surface area contributed by atoms with Crippen LogP contribution in [0.2, 0.25) is 5.02 Å². The van der Waals surface area contributed by atoms with Gasteiger partial charge in [-0.1, -0.05) is 24.6 Å². The number of ether oxygens (including phenoxy) is 1. The van der Waals surface area contributed by atoms with Gasteiger partial charge < -0.3 is 10.5 Å². The molecular formula is C17H19ClFNO. The van der Waals surface area contributed by atoms with Gasteiger partial charge in [0.25, 0.3) is 0 Å². The minimum absolute atomic E-state index is 0.0506. The summed E-state index contributed by atoms with van der Waals surface area (Å²) in [7, 11) is 0. The molecule has 0 spiro atoms. The van der Waals surface area contributed by atoms with Crippen LogP contribution in [-0.4, -0.2) is 6.04 Å². The number of aryl methyl sites for hydroxylation is 1. The van der Waals surface area contributed by atoms with Crippen molar-refractivity contribution in [1.29, 1.82) is 0 Å². The summed E-state index contributed by atoms with van der Waals surface area (Å²) in [5.74, 6) is 0.413. The van der Waals surface area contributed by atoms with Crippen molar-refractivity contribution in [2.75, 3.05) is 0 Å². The van der Waals surface area contributed by atoms with E-state index in [0.717, 1.165) is 17.5 Å². The fraction of sp³-hybridized carbons (Fsp3) is 0.294. The van der Waals surface area contributed by atoms with Gasteiger partial charge >= 0.3 is 0 Å². The summed E-state index contributed by atoms with van der Waals surface area (Å²) in [5, 5.41) is 0.629. The van der Waals surface area contributed by atoms with Gasteiger partial charge in [0.15, 0.2) is 11.6 Å². The summed E-state index contributed by atoms with van der Waals surface area (Å²) in [6, 6.07) is 10.3. The van der Waals surface area contributed by atoms with Gasteiger partial charge in [0.2, 0.25) is 0 Å². The van der Waals surface area contributed by atoms with Crippen LogP contribution in [0.15, 0.2) is 36.4 Å². The van der Waals surface area contributed by atoms with Crippen molar-refractivity contribution in [1.82, 2.24) is 0 Å². The molecule has 0 radical (unpaired) electrons. The highest BCUT2D eigenvalue weighted by Gasteiger charge is 2.09. The molecule has 0 aliphatic heterocycles.